The number of hydrogen-bond donors (Lipinski definition) is 2. The Morgan fingerprint density at radius 2 is 1.84 bits per heavy atom. The second-order valence-corrected chi connectivity index (χ2v) is 9.65. The molecule has 3 aromatic heterocycles. The first-order valence-electron chi connectivity index (χ1n) is 12.5. The van der Waals surface area contributed by atoms with E-state index < -0.39 is 0 Å². The Morgan fingerprint density at radius 3 is 2.62 bits per heavy atom. The van der Waals surface area contributed by atoms with Gasteiger partial charge in [-0.3, -0.25) is 14.8 Å². The van der Waals surface area contributed by atoms with E-state index in [1.54, 1.807) is 30.9 Å². The zero-order chi connectivity index (χ0) is 25.8. The summed E-state index contributed by atoms with van der Waals surface area (Å²) in [5.74, 6) is 0.733. The topological polar surface area (TPSA) is 95.9 Å². The lowest BCUT2D eigenvalue weighted by atomic mass is 9.88. The molecule has 1 aliphatic heterocycles. The second kappa shape index (κ2) is 10.8. The largest absolute Gasteiger partial charge is 0.323 e. The minimum absolute atomic E-state index is 0.208. The Balaban J connectivity index is 1.33. The normalized spacial score (nSPS) is 14.4. The zero-order valence-corrected chi connectivity index (χ0v) is 21.4. The maximum atomic E-state index is 13.2. The molecule has 0 spiro atoms. The highest BCUT2D eigenvalue weighted by Crippen LogP contribution is 2.30. The van der Waals surface area contributed by atoms with Crippen LogP contribution in [0.15, 0.2) is 67.3 Å². The summed E-state index contributed by atoms with van der Waals surface area (Å²) in [5, 5.41) is 6.29. The molecule has 1 fully saturated rings. The molecule has 1 aromatic carbocycles. The van der Waals surface area contributed by atoms with Gasteiger partial charge in [0.15, 0.2) is 0 Å². The molecule has 0 unspecified atom stereocenters. The van der Waals surface area contributed by atoms with Gasteiger partial charge in [0.1, 0.15) is 0 Å². The van der Waals surface area contributed by atoms with Crippen molar-refractivity contribution in [3.63, 3.8) is 0 Å². The molecule has 37 heavy (non-hydrogen) atoms. The van der Waals surface area contributed by atoms with Crippen molar-refractivity contribution in [1.82, 2.24) is 24.8 Å². The standard InChI is InChI=1S/C29H31N7O/c1-19-13-23(21-7-11-36(3)12-8-21)15-25(14-19)33-28(37)24-16-27(20(2)32-18-24)35-29-31-10-6-26(34-29)22-5-4-9-30-17-22/h4-6,9-10,13-18,21H,7-8,11-12H2,1-3H3,(H,33,37)(H,31,34,35). The average molecular weight is 494 g/mol. The maximum absolute atomic E-state index is 13.2. The summed E-state index contributed by atoms with van der Waals surface area (Å²) in [6.07, 6.45) is 9.03. The number of likely N-dealkylation sites (tertiary alicyclic amines) is 1. The van der Waals surface area contributed by atoms with Crippen LogP contribution in [0.2, 0.25) is 0 Å². The summed E-state index contributed by atoms with van der Waals surface area (Å²) >= 11 is 0. The Labute approximate surface area is 217 Å². The monoisotopic (exact) mass is 493 g/mol. The molecule has 5 rings (SSSR count). The molecule has 4 heterocycles. The smallest absolute Gasteiger partial charge is 0.257 e. The number of rotatable bonds is 6. The van der Waals surface area contributed by atoms with Crippen LogP contribution in [0.3, 0.4) is 0 Å². The van der Waals surface area contributed by atoms with Gasteiger partial charge in [0.2, 0.25) is 5.95 Å². The summed E-state index contributed by atoms with van der Waals surface area (Å²) < 4.78 is 0. The van der Waals surface area contributed by atoms with Gasteiger partial charge >= 0.3 is 0 Å². The quantitative estimate of drug-likeness (QED) is 0.373. The van der Waals surface area contributed by atoms with Gasteiger partial charge in [-0.1, -0.05) is 6.07 Å². The van der Waals surface area contributed by atoms with Crippen LogP contribution < -0.4 is 10.6 Å². The molecule has 1 saturated heterocycles. The van der Waals surface area contributed by atoms with Crippen LogP contribution >= 0.6 is 0 Å². The number of nitrogens with zero attached hydrogens (tertiary/aromatic N) is 5. The third kappa shape index (κ3) is 5.98. The first kappa shape index (κ1) is 24.5. The predicted octanol–water partition coefficient (Wildman–Crippen LogP) is 5.36. The lowest BCUT2D eigenvalue weighted by Crippen LogP contribution is -2.29. The lowest BCUT2D eigenvalue weighted by molar-refractivity contribution is 0.102. The highest BCUT2D eigenvalue weighted by molar-refractivity contribution is 6.04. The van der Waals surface area contributed by atoms with E-state index in [1.165, 1.54) is 5.56 Å². The van der Waals surface area contributed by atoms with Gasteiger partial charge in [0.05, 0.1) is 22.6 Å². The van der Waals surface area contributed by atoms with Gasteiger partial charge in [-0.25, -0.2) is 9.97 Å². The number of benzene rings is 1. The number of pyridine rings is 2. The Kier molecular flexibility index (Phi) is 7.18. The van der Waals surface area contributed by atoms with Gasteiger partial charge in [-0.15, -0.1) is 0 Å². The molecule has 0 radical (unpaired) electrons. The van der Waals surface area contributed by atoms with E-state index in [2.05, 4.69) is 61.6 Å². The SMILES string of the molecule is Cc1cc(NC(=O)c2cnc(C)c(Nc3nccc(-c4cccnc4)n3)c2)cc(C2CCN(C)CC2)c1. The first-order chi connectivity index (χ1) is 17.9. The van der Waals surface area contributed by atoms with Crippen molar-refractivity contribution < 1.29 is 4.79 Å². The van der Waals surface area contributed by atoms with Crippen molar-refractivity contribution in [2.24, 2.45) is 0 Å². The number of hydrogen-bond acceptors (Lipinski definition) is 7. The molecule has 1 amide bonds. The average Bonchev–Trinajstić information content (AvgIpc) is 2.90. The fourth-order valence-electron chi connectivity index (χ4n) is 4.66. The highest BCUT2D eigenvalue weighted by Gasteiger charge is 2.19. The molecular weight excluding hydrogens is 462 g/mol. The summed E-state index contributed by atoms with van der Waals surface area (Å²) in [6, 6.07) is 13.8. The molecule has 2 N–H and O–H groups in total. The number of anilines is 3. The molecule has 4 aromatic rings. The third-order valence-electron chi connectivity index (χ3n) is 6.76. The van der Waals surface area contributed by atoms with E-state index in [1.807, 2.05) is 31.2 Å². The van der Waals surface area contributed by atoms with E-state index in [9.17, 15) is 4.79 Å². The van der Waals surface area contributed by atoms with E-state index in [4.69, 9.17) is 0 Å². The Hall–Kier alpha value is -4.17. The lowest BCUT2D eigenvalue weighted by Gasteiger charge is -2.29. The maximum Gasteiger partial charge on any atom is 0.257 e. The summed E-state index contributed by atoms with van der Waals surface area (Å²) in [6.45, 7) is 6.15. The first-order valence-corrected chi connectivity index (χ1v) is 12.5. The van der Waals surface area contributed by atoms with Gasteiger partial charge < -0.3 is 15.5 Å². The summed E-state index contributed by atoms with van der Waals surface area (Å²) in [7, 11) is 2.17. The van der Waals surface area contributed by atoms with Gasteiger partial charge in [-0.05, 0) is 100 Å². The van der Waals surface area contributed by atoms with E-state index in [-0.39, 0.29) is 5.91 Å². The second-order valence-electron chi connectivity index (χ2n) is 9.65. The molecule has 8 heteroatoms. The van der Waals surface area contributed by atoms with Crippen LogP contribution in [0, 0.1) is 13.8 Å². The van der Waals surface area contributed by atoms with E-state index in [0.29, 0.717) is 23.1 Å². The van der Waals surface area contributed by atoms with Gasteiger partial charge in [-0.2, -0.15) is 0 Å². The van der Waals surface area contributed by atoms with Crippen molar-refractivity contribution in [3.05, 3.63) is 89.6 Å². The van der Waals surface area contributed by atoms with Crippen LogP contribution in [0.5, 0.6) is 0 Å². The molecule has 0 bridgehead atoms. The van der Waals surface area contributed by atoms with E-state index in [0.717, 1.165) is 54.1 Å². The van der Waals surface area contributed by atoms with Crippen LogP contribution in [0.25, 0.3) is 11.3 Å². The zero-order valence-electron chi connectivity index (χ0n) is 21.4. The minimum Gasteiger partial charge on any atom is -0.323 e. The molecule has 188 valence electrons. The fraction of sp³-hybridized carbons (Fsp3) is 0.276. The molecule has 8 nitrogen and oxygen atoms in total. The van der Waals surface area contributed by atoms with Crippen molar-refractivity contribution >= 4 is 23.2 Å². The van der Waals surface area contributed by atoms with Gasteiger partial charge in [0.25, 0.3) is 5.91 Å². The number of amides is 1. The minimum atomic E-state index is -0.208. The van der Waals surface area contributed by atoms with Crippen molar-refractivity contribution in [2.75, 3.05) is 30.8 Å². The summed E-state index contributed by atoms with van der Waals surface area (Å²) in [5.41, 5.74) is 6.76. The van der Waals surface area contributed by atoms with Crippen LogP contribution in [-0.4, -0.2) is 50.9 Å². The number of aryl methyl sites for hydroxylation is 2. The molecule has 0 aliphatic carbocycles. The number of aromatic nitrogens is 4. The fourth-order valence-corrected chi connectivity index (χ4v) is 4.66. The third-order valence-corrected chi connectivity index (χ3v) is 6.76. The van der Waals surface area contributed by atoms with Crippen LogP contribution in [-0.2, 0) is 0 Å². The van der Waals surface area contributed by atoms with Gasteiger partial charge in [0, 0.05) is 36.0 Å². The van der Waals surface area contributed by atoms with Crippen LogP contribution in [0.1, 0.15) is 45.9 Å². The molecule has 1 aliphatic rings. The number of nitrogens with one attached hydrogen (secondary N) is 2. The Bertz CT molecular complexity index is 1400. The molecule has 0 atom stereocenters. The number of piperidine rings is 1. The predicted molar refractivity (Wildman–Crippen MR) is 146 cm³/mol. The van der Waals surface area contributed by atoms with Crippen molar-refractivity contribution in [2.45, 2.75) is 32.6 Å². The highest BCUT2D eigenvalue weighted by atomic mass is 16.1. The molecule has 0 saturated carbocycles. The molecular formula is C29H31N7O. The number of carbonyl (C=O) groups excluding carboxylic acids is 1. The summed E-state index contributed by atoms with van der Waals surface area (Å²) in [4.78, 5) is 33.1. The Morgan fingerprint density at radius 1 is 1.00 bits per heavy atom. The van der Waals surface area contributed by atoms with Crippen molar-refractivity contribution in [1.29, 1.82) is 0 Å². The number of carbonyl (C=O) groups is 1. The van der Waals surface area contributed by atoms with E-state index >= 15 is 0 Å². The van der Waals surface area contributed by atoms with Crippen molar-refractivity contribution in [3.8, 4) is 11.3 Å². The van der Waals surface area contributed by atoms with Crippen LogP contribution in [0.4, 0.5) is 17.3 Å².